The van der Waals surface area contributed by atoms with Gasteiger partial charge < -0.3 is 4.98 Å². The first-order valence-electron chi connectivity index (χ1n) is 5.11. The van der Waals surface area contributed by atoms with E-state index in [-0.39, 0.29) is 5.56 Å². The molecule has 1 heterocycles. The van der Waals surface area contributed by atoms with Gasteiger partial charge in [0.2, 0.25) is 0 Å². The molecule has 0 fully saturated rings. The van der Waals surface area contributed by atoms with E-state index in [1.165, 1.54) is 18.5 Å². The van der Waals surface area contributed by atoms with Crippen molar-refractivity contribution in [2.45, 2.75) is 12.4 Å². The van der Waals surface area contributed by atoms with Crippen molar-refractivity contribution < 1.29 is 26.3 Å². The fraction of sp³-hybridized carbons (Fsp3) is 0.167. The zero-order valence-electron chi connectivity index (χ0n) is 9.23. The Morgan fingerprint density at radius 2 is 1.53 bits per heavy atom. The van der Waals surface area contributed by atoms with Crippen molar-refractivity contribution in [1.29, 1.82) is 0 Å². The summed E-state index contributed by atoms with van der Waals surface area (Å²) >= 11 is 0. The highest BCUT2D eigenvalue weighted by Crippen LogP contribution is 2.40. The van der Waals surface area contributed by atoms with Gasteiger partial charge in [-0.1, -0.05) is 0 Å². The van der Waals surface area contributed by atoms with Gasteiger partial charge in [0.05, 0.1) is 11.1 Å². The Labute approximate surface area is 103 Å². The predicted molar refractivity (Wildman–Crippen MR) is 56.2 cm³/mol. The van der Waals surface area contributed by atoms with E-state index < -0.39 is 29.0 Å². The number of benzene rings is 1. The first-order chi connectivity index (χ1) is 8.69. The number of aromatic amines is 1. The van der Waals surface area contributed by atoms with Crippen LogP contribution in [0, 0.1) is 0 Å². The summed E-state index contributed by atoms with van der Waals surface area (Å²) in [6.07, 6.45) is -6.84. The molecule has 0 saturated carbocycles. The fourth-order valence-corrected chi connectivity index (χ4v) is 1.70. The monoisotopic (exact) mass is 279 g/mol. The molecule has 0 spiro atoms. The molecule has 0 unspecified atom stereocenters. The molecule has 0 atom stereocenters. The Morgan fingerprint density at radius 3 is 2.00 bits per heavy atom. The van der Waals surface area contributed by atoms with Crippen molar-refractivity contribution in [3.8, 4) is 11.1 Å². The van der Waals surface area contributed by atoms with Crippen molar-refractivity contribution in [2.75, 3.05) is 0 Å². The molecule has 1 nitrogen and oxygen atoms in total. The molecule has 0 saturated heterocycles. The lowest BCUT2D eigenvalue weighted by Crippen LogP contribution is -2.10. The second kappa shape index (κ2) is 4.32. The van der Waals surface area contributed by atoms with Gasteiger partial charge >= 0.3 is 12.4 Å². The van der Waals surface area contributed by atoms with Crippen LogP contribution in [0.3, 0.4) is 0 Å². The molecule has 0 radical (unpaired) electrons. The number of hydrogen-bond donors (Lipinski definition) is 1. The topological polar surface area (TPSA) is 15.8 Å². The number of aromatic nitrogens is 1. The van der Waals surface area contributed by atoms with Crippen molar-refractivity contribution in [3.63, 3.8) is 0 Å². The number of alkyl halides is 6. The van der Waals surface area contributed by atoms with Crippen molar-refractivity contribution >= 4 is 0 Å². The summed E-state index contributed by atoms with van der Waals surface area (Å²) in [5, 5.41) is 0. The maximum atomic E-state index is 12.8. The average molecular weight is 279 g/mol. The molecule has 102 valence electrons. The number of hydrogen-bond acceptors (Lipinski definition) is 0. The summed E-state index contributed by atoms with van der Waals surface area (Å²) in [5.74, 6) is 0. The van der Waals surface area contributed by atoms with Gasteiger partial charge in [-0.2, -0.15) is 26.3 Å². The van der Waals surface area contributed by atoms with Gasteiger partial charge in [0.25, 0.3) is 0 Å². The van der Waals surface area contributed by atoms with Crippen LogP contribution < -0.4 is 0 Å². The summed E-state index contributed by atoms with van der Waals surface area (Å²) < 4.78 is 76.0. The summed E-state index contributed by atoms with van der Waals surface area (Å²) in [6.45, 7) is 0. The van der Waals surface area contributed by atoms with Crippen molar-refractivity contribution in [1.82, 2.24) is 4.98 Å². The molecule has 0 amide bonds. The normalized spacial score (nSPS) is 12.7. The lowest BCUT2D eigenvalue weighted by Gasteiger charge is -2.15. The Morgan fingerprint density at radius 1 is 0.842 bits per heavy atom. The Hall–Kier alpha value is -1.92. The van der Waals surface area contributed by atoms with Crippen LogP contribution in [0.1, 0.15) is 11.1 Å². The third kappa shape index (κ3) is 2.74. The van der Waals surface area contributed by atoms with E-state index >= 15 is 0 Å². The van der Waals surface area contributed by atoms with Gasteiger partial charge in [-0.15, -0.1) is 0 Å². The maximum Gasteiger partial charge on any atom is 0.417 e. The van der Waals surface area contributed by atoms with Gasteiger partial charge in [0.1, 0.15) is 0 Å². The molecule has 0 aliphatic rings. The van der Waals surface area contributed by atoms with Gasteiger partial charge in [0, 0.05) is 12.4 Å². The van der Waals surface area contributed by atoms with Crippen LogP contribution >= 0.6 is 0 Å². The molecular weight excluding hydrogens is 272 g/mol. The zero-order chi connectivity index (χ0) is 14.3. The van der Waals surface area contributed by atoms with Crippen LogP contribution in [0.25, 0.3) is 11.1 Å². The highest BCUT2D eigenvalue weighted by molar-refractivity contribution is 5.68. The van der Waals surface area contributed by atoms with E-state index in [9.17, 15) is 26.3 Å². The molecule has 1 aromatic heterocycles. The first kappa shape index (κ1) is 13.5. The highest BCUT2D eigenvalue weighted by atomic mass is 19.4. The molecule has 0 aliphatic heterocycles. The Kier molecular flexibility index (Phi) is 3.07. The van der Waals surface area contributed by atoms with Gasteiger partial charge in [-0.25, -0.2) is 0 Å². The lowest BCUT2D eigenvalue weighted by atomic mass is 9.98. The number of nitrogens with one attached hydrogen (secondary N) is 1. The lowest BCUT2D eigenvalue weighted by molar-refractivity contribution is -0.141. The molecule has 0 aliphatic carbocycles. The standard InChI is InChI=1S/C12H7F6N/c13-11(14,15)8-1-2-10(12(16,17)18)9(5-8)7-3-4-19-6-7/h1-6,19H. The van der Waals surface area contributed by atoms with E-state index in [0.717, 1.165) is 0 Å². The Balaban J connectivity index is 2.65. The summed E-state index contributed by atoms with van der Waals surface area (Å²) in [6, 6.07) is 2.67. The SMILES string of the molecule is FC(F)(F)c1ccc(C(F)(F)F)c(-c2cc[nH]c2)c1. The van der Waals surface area contributed by atoms with Crippen molar-refractivity contribution in [2.24, 2.45) is 0 Å². The summed E-state index contributed by atoms with van der Waals surface area (Å²) in [5.41, 5.74) is -2.65. The number of halogens is 6. The second-order valence-electron chi connectivity index (χ2n) is 3.86. The summed E-state index contributed by atoms with van der Waals surface area (Å²) in [4.78, 5) is 2.52. The van der Waals surface area contributed by atoms with Crippen molar-refractivity contribution in [3.05, 3.63) is 47.8 Å². The van der Waals surface area contributed by atoms with Crippen LogP contribution in [-0.2, 0) is 12.4 Å². The third-order valence-corrected chi connectivity index (χ3v) is 2.56. The number of rotatable bonds is 1. The zero-order valence-corrected chi connectivity index (χ0v) is 9.23. The molecule has 0 bridgehead atoms. The molecule has 1 N–H and O–H groups in total. The summed E-state index contributed by atoms with van der Waals surface area (Å²) in [7, 11) is 0. The highest BCUT2D eigenvalue weighted by Gasteiger charge is 2.37. The van der Waals surface area contributed by atoms with Crippen LogP contribution in [0.15, 0.2) is 36.7 Å². The molecule has 7 heteroatoms. The first-order valence-corrected chi connectivity index (χ1v) is 5.11. The van der Waals surface area contributed by atoms with Gasteiger partial charge in [-0.3, -0.25) is 0 Å². The molecule has 19 heavy (non-hydrogen) atoms. The smallest absolute Gasteiger partial charge is 0.367 e. The van der Waals surface area contributed by atoms with Crippen LogP contribution in [-0.4, -0.2) is 4.98 Å². The van der Waals surface area contributed by atoms with E-state index in [0.29, 0.717) is 18.2 Å². The fourth-order valence-electron chi connectivity index (χ4n) is 1.70. The minimum atomic E-state index is -4.71. The maximum absolute atomic E-state index is 12.8. The average Bonchev–Trinajstić information content (AvgIpc) is 2.79. The number of H-pyrrole nitrogens is 1. The van der Waals surface area contributed by atoms with Crippen LogP contribution in [0.5, 0.6) is 0 Å². The van der Waals surface area contributed by atoms with Crippen LogP contribution in [0.2, 0.25) is 0 Å². The second-order valence-corrected chi connectivity index (χ2v) is 3.86. The molecular formula is C12H7F6N. The van der Waals surface area contributed by atoms with Gasteiger partial charge in [0.15, 0.2) is 0 Å². The van der Waals surface area contributed by atoms with Crippen LogP contribution in [0.4, 0.5) is 26.3 Å². The van der Waals surface area contributed by atoms with E-state index in [2.05, 4.69) is 4.98 Å². The van der Waals surface area contributed by atoms with E-state index in [4.69, 9.17) is 0 Å². The largest absolute Gasteiger partial charge is 0.417 e. The molecule has 1 aromatic carbocycles. The quantitative estimate of drug-likeness (QED) is 0.727. The Bertz CT molecular complexity index is 565. The third-order valence-electron chi connectivity index (χ3n) is 2.56. The molecule has 2 aromatic rings. The minimum absolute atomic E-state index is 0.0541. The molecule has 2 rings (SSSR count). The predicted octanol–water partition coefficient (Wildman–Crippen LogP) is 4.72. The van der Waals surface area contributed by atoms with E-state index in [1.54, 1.807) is 0 Å². The van der Waals surface area contributed by atoms with E-state index in [1.807, 2.05) is 0 Å². The van der Waals surface area contributed by atoms with Gasteiger partial charge in [-0.05, 0) is 35.4 Å². The minimum Gasteiger partial charge on any atom is -0.367 e.